The molecular weight excluding hydrogens is 182 g/mol. The van der Waals surface area contributed by atoms with Crippen molar-refractivity contribution in [3.8, 4) is 0 Å². The van der Waals surface area contributed by atoms with E-state index in [1.165, 1.54) is 25.7 Å². The zero-order chi connectivity index (χ0) is 9.52. The van der Waals surface area contributed by atoms with Gasteiger partial charge in [-0.1, -0.05) is 26.2 Å². The van der Waals surface area contributed by atoms with E-state index < -0.39 is 0 Å². The topological polar surface area (TPSA) is 33.1 Å². The van der Waals surface area contributed by atoms with Gasteiger partial charge in [-0.25, -0.2) is 4.98 Å². The van der Waals surface area contributed by atoms with Crippen LogP contribution in [0, 0.1) is 0 Å². The molecule has 0 saturated carbocycles. The molecule has 0 radical (unpaired) electrons. The van der Waals surface area contributed by atoms with Crippen molar-refractivity contribution in [3.05, 3.63) is 16.1 Å². The van der Waals surface area contributed by atoms with Crippen LogP contribution in [-0.4, -0.2) is 10.1 Å². The van der Waals surface area contributed by atoms with Crippen LogP contribution in [0.5, 0.6) is 0 Å². The number of aromatic nitrogens is 1. The predicted molar refractivity (Wildman–Crippen MR) is 55.9 cm³/mol. The van der Waals surface area contributed by atoms with Gasteiger partial charge in [0.15, 0.2) is 0 Å². The molecule has 3 heteroatoms. The van der Waals surface area contributed by atoms with Crippen molar-refractivity contribution < 1.29 is 5.11 Å². The van der Waals surface area contributed by atoms with Crippen LogP contribution in [-0.2, 0) is 13.0 Å². The Balaban J connectivity index is 2.20. The Kier molecular flexibility index (Phi) is 5.01. The van der Waals surface area contributed by atoms with Gasteiger partial charge in [0.1, 0.15) is 5.01 Å². The van der Waals surface area contributed by atoms with Gasteiger partial charge < -0.3 is 5.11 Å². The van der Waals surface area contributed by atoms with Crippen molar-refractivity contribution in [2.45, 2.75) is 45.6 Å². The average Bonchev–Trinajstić information content (AvgIpc) is 2.60. The van der Waals surface area contributed by atoms with Crippen molar-refractivity contribution in [2.75, 3.05) is 0 Å². The van der Waals surface area contributed by atoms with E-state index in [1.807, 2.05) is 0 Å². The van der Waals surface area contributed by atoms with Gasteiger partial charge in [-0.05, 0) is 12.8 Å². The molecule has 1 rings (SSSR count). The molecule has 0 saturated heterocycles. The van der Waals surface area contributed by atoms with E-state index in [0.29, 0.717) is 0 Å². The minimum Gasteiger partial charge on any atom is -0.389 e. The van der Waals surface area contributed by atoms with Crippen LogP contribution in [0.25, 0.3) is 0 Å². The Bertz CT molecular complexity index is 235. The molecule has 0 aliphatic heterocycles. The first-order valence-electron chi connectivity index (χ1n) is 4.91. The third-order valence-corrected chi connectivity index (χ3v) is 2.90. The van der Waals surface area contributed by atoms with Gasteiger partial charge in [-0.2, -0.15) is 0 Å². The van der Waals surface area contributed by atoms with Crippen molar-refractivity contribution in [2.24, 2.45) is 0 Å². The molecule has 0 atom stereocenters. The highest BCUT2D eigenvalue weighted by atomic mass is 32.1. The van der Waals surface area contributed by atoms with Crippen molar-refractivity contribution in [1.29, 1.82) is 0 Å². The molecule has 0 aliphatic carbocycles. The van der Waals surface area contributed by atoms with Crippen LogP contribution in [0.3, 0.4) is 0 Å². The second kappa shape index (κ2) is 6.11. The van der Waals surface area contributed by atoms with Crippen LogP contribution < -0.4 is 0 Å². The Labute approximate surface area is 83.6 Å². The number of thiazole rings is 1. The van der Waals surface area contributed by atoms with Crippen molar-refractivity contribution in [3.63, 3.8) is 0 Å². The van der Waals surface area contributed by atoms with Gasteiger partial charge >= 0.3 is 0 Å². The third kappa shape index (κ3) is 3.87. The summed E-state index contributed by atoms with van der Waals surface area (Å²) in [6, 6.07) is 0. The van der Waals surface area contributed by atoms with Gasteiger partial charge in [0.05, 0.1) is 12.3 Å². The molecule has 2 nitrogen and oxygen atoms in total. The SMILES string of the molecule is CCCCCCc1csc(CO)n1. The zero-order valence-electron chi connectivity index (χ0n) is 8.12. The van der Waals surface area contributed by atoms with Gasteiger partial charge in [-0.3, -0.25) is 0 Å². The number of unbranched alkanes of at least 4 members (excludes halogenated alkanes) is 3. The van der Waals surface area contributed by atoms with Crippen LogP contribution in [0.1, 0.15) is 43.3 Å². The molecule has 1 aromatic rings. The summed E-state index contributed by atoms with van der Waals surface area (Å²) in [5.74, 6) is 0. The van der Waals surface area contributed by atoms with E-state index in [2.05, 4.69) is 17.3 Å². The Hall–Kier alpha value is -0.410. The summed E-state index contributed by atoms with van der Waals surface area (Å²) in [4.78, 5) is 4.29. The fourth-order valence-electron chi connectivity index (χ4n) is 1.27. The van der Waals surface area contributed by atoms with Crippen LogP contribution >= 0.6 is 11.3 Å². The van der Waals surface area contributed by atoms with E-state index in [-0.39, 0.29) is 6.61 Å². The lowest BCUT2D eigenvalue weighted by molar-refractivity contribution is 0.281. The quantitative estimate of drug-likeness (QED) is 0.715. The summed E-state index contributed by atoms with van der Waals surface area (Å²) in [5.41, 5.74) is 1.14. The normalized spacial score (nSPS) is 10.6. The van der Waals surface area contributed by atoms with Crippen molar-refractivity contribution >= 4 is 11.3 Å². The lowest BCUT2D eigenvalue weighted by Crippen LogP contribution is -1.87. The molecule has 13 heavy (non-hydrogen) atoms. The maximum Gasteiger partial charge on any atom is 0.118 e. The monoisotopic (exact) mass is 199 g/mol. The van der Waals surface area contributed by atoms with E-state index >= 15 is 0 Å². The summed E-state index contributed by atoms with van der Waals surface area (Å²) >= 11 is 1.55. The van der Waals surface area contributed by atoms with E-state index in [0.717, 1.165) is 17.1 Å². The summed E-state index contributed by atoms with van der Waals surface area (Å²) in [6.45, 7) is 2.30. The van der Waals surface area contributed by atoms with E-state index in [1.54, 1.807) is 11.3 Å². The summed E-state index contributed by atoms with van der Waals surface area (Å²) in [6.07, 6.45) is 6.18. The molecule has 0 aromatic carbocycles. The van der Waals surface area contributed by atoms with Gasteiger partial charge in [0.2, 0.25) is 0 Å². The van der Waals surface area contributed by atoms with E-state index in [4.69, 9.17) is 5.11 Å². The summed E-state index contributed by atoms with van der Waals surface area (Å²) in [5, 5.41) is 11.7. The van der Waals surface area contributed by atoms with Gasteiger partial charge in [0.25, 0.3) is 0 Å². The molecule has 1 aromatic heterocycles. The number of rotatable bonds is 6. The highest BCUT2D eigenvalue weighted by molar-refractivity contribution is 7.09. The zero-order valence-corrected chi connectivity index (χ0v) is 8.94. The van der Waals surface area contributed by atoms with Crippen LogP contribution in [0.2, 0.25) is 0 Å². The Morgan fingerprint density at radius 1 is 1.38 bits per heavy atom. The first kappa shape index (κ1) is 10.7. The third-order valence-electron chi connectivity index (χ3n) is 2.02. The molecule has 0 spiro atoms. The lowest BCUT2D eigenvalue weighted by atomic mass is 10.1. The Morgan fingerprint density at radius 3 is 2.85 bits per heavy atom. The summed E-state index contributed by atoms with van der Waals surface area (Å²) in [7, 11) is 0. The second-order valence-corrected chi connectivity index (χ2v) is 4.14. The maximum atomic E-state index is 8.81. The average molecular weight is 199 g/mol. The molecular formula is C10H17NOS. The molecule has 0 bridgehead atoms. The molecule has 0 fully saturated rings. The van der Waals surface area contributed by atoms with Crippen LogP contribution in [0.4, 0.5) is 0 Å². The lowest BCUT2D eigenvalue weighted by Gasteiger charge is -1.95. The largest absolute Gasteiger partial charge is 0.389 e. The van der Waals surface area contributed by atoms with Gasteiger partial charge in [-0.15, -0.1) is 11.3 Å². The number of aryl methyl sites for hydroxylation is 1. The number of hydrogen-bond acceptors (Lipinski definition) is 3. The fraction of sp³-hybridized carbons (Fsp3) is 0.700. The molecule has 0 unspecified atom stereocenters. The summed E-state index contributed by atoms with van der Waals surface area (Å²) < 4.78 is 0. The Morgan fingerprint density at radius 2 is 2.23 bits per heavy atom. The number of aliphatic hydroxyl groups is 1. The molecule has 1 heterocycles. The number of aliphatic hydroxyl groups excluding tert-OH is 1. The predicted octanol–water partition coefficient (Wildman–Crippen LogP) is 2.76. The fourth-order valence-corrected chi connectivity index (χ4v) is 1.96. The standard InChI is InChI=1S/C10H17NOS/c1-2-3-4-5-6-9-8-13-10(7-12)11-9/h8,12H,2-7H2,1H3. The first-order valence-corrected chi connectivity index (χ1v) is 5.79. The van der Waals surface area contributed by atoms with Gasteiger partial charge in [0, 0.05) is 5.38 Å². The number of nitrogens with zero attached hydrogens (tertiary/aromatic N) is 1. The highest BCUT2D eigenvalue weighted by Crippen LogP contribution is 2.12. The number of hydrogen-bond donors (Lipinski definition) is 1. The smallest absolute Gasteiger partial charge is 0.118 e. The molecule has 0 amide bonds. The van der Waals surface area contributed by atoms with Crippen molar-refractivity contribution in [1.82, 2.24) is 4.98 Å². The van der Waals surface area contributed by atoms with E-state index in [9.17, 15) is 0 Å². The minimum absolute atomic E-state index is 0.0830. The van der Waals surface area contributed by atoms with Crippen LogP contribution in [0.15, 0.2) is 5.38 Å². The maximum absolute atomic E-state index is 8.81. The first-order chi connectivity index (χ1) is 6.36. The highest BCUT2D eigenvalue weighted by Gasteiger charge is 1.99. The molecule has 0 aliphatic rings. The molecule has 74 valence electrons. The molecule has 1 N–H and O–H groups in total. The minimum atomic E-state index is 0.0830. The second-order valence-electron chi connectivity index (χ2n) is 3.20.